The monoisotopic (exact) mass is 215 g/mol. The Morgan fingerprint density at radius 1 is 1.00 bits per heavy atom. The highest BCUT2D eigenvalue weighted by atomic mass is 16.2. The van der Waals surface area contributed by atoms with Crippen LogP contribution in [0.2, 0.25) is 0 Å². The summed E-state index contributed by atoms with van der Waals surface area (Å²) in [7, 11) is 0. The van der Waals surface area contributed by atoms with Crippen LogP contribution in [0.5, 0.6) is 0 Å². The second-order valence-corrected chi connectivity index (χ2v) is 3.70. The first-order valence-electron chi connectivity index (χ1n) is 4.64. The van der Waals surface area contributed by atoms with E-state index < -0.39 is 11.8 Å². The van der Waals surface area contributed by atoms with Crippen LogP contribution < -0.4 is 11.5 Å². The molecule has 86 valence electrons. The predicted molar refractivity (Wildman–Crippen MR) is 54.7 cm³/mol. The normalized spacial score (nSPS) is 10.7. The number of carbonyl (C=O) groups is 3. The molecule has 0 spiro atoms. The second-order valence-electron chi connectivity index (χ2n) is 3.70. The van der Waals surface area contributed by atoms with Gasteiger partial charge < -0.3 is 11.5 Å². The lowest BCUT2D eigenvalue weighted by Gasteiger charge is -2.18. The molecule has 0 aromatic rings. The van der Waals surface area contributed by atoms with E-state index in [2.05, 4.69) is 0 Å². The van der Waals surface area contributed by atoms with Crippen molar-refractivity contribution in [3.05, 3.63) is 0 Å². The third-order valence-electron chi connectivity index (χ3n) is 1.78. The minimum Gasteiger partial charge on any atom is -0.369 e. The van der Waals surface area contributed by atoms with E-state index in [9.17, 15) is 14.4 Å². The van der Waals surface area contributed by atoms with Gasteiger partial charge in [0.05, 0.1) is 19.6 Å². The molecule has 2 amide bonds. The van der Waals surface area contributed by atoms with Gasteiger partial charge in [-0.3, -0.25) is 19.3 Å². The van der Waals surface area contributed by atoms with Crippen LogP contribution in [0.25, 0.3) is 0 Å². The molecule has 0 bridgehead atoms. The maximum absolute atomic E-state index is 11.4. The summed E-state index contributed by atoms with van der Waals surface area (Å²) in [6, 6.07) is 0. The molecule has 0 saturated heterocycles. The number of carbonyl (C=O) groups excluding carboxylic acids is 3. The summed E-state index contributed by atoms with van der Waals surface area (Å²) in [4.78, 5) is 34.0. The van der Waals surface area contributed by atoms with E-state index in [1.54, 1.807) is 13.8 Å². The average molecular weight is 215 g/mol. The molecule has 0 radical (unpaired) electrons. The quantitative estimate of drug-likeness (QED) is 0.538. The molecule has 0 heterocycles. The van der Waals surface area contributed by atoms with Crippen molar-refractivity contribution in [2.75, 3.05) is 19.6 Å². The van der Waals surface area contributed by atoms with Gasteiger partial charge in [0.15, 0.2) is 0 Å². The fourth-order valence-electron chi connectivity index (χ4n) is 1.01. The van der Waals surface area contributed by atoms with E-state index in [1.807, 2.05) is 0 Å². The summed E-state index contributed by atoms with van der Waals surface area (Å²) >= 11 is 0. The van der Waals surface area contributed by atoms with Gasteiger partial charge in [-0.05, 0) is 0 Å². The molecule has 0 aliphatic carbocycles. The van der Waals surface area contributed by atoms with Gasteiger partial charge in [-0.2, -0.15) is 0 Å². The number of ketones is 1. The molecular formula is C9H17N3O3. The number of hydrogen-bond donors (Lipinski definition) is 2. The predicted octanol–water partition coefficient (Wildman–Crippen LogP) is -1.52. The third kappa shape index (κ3) is 6.62. The molecule has 0 unspecified atom stereocenters. The number of hydrogen-bond acceptors (Lipinski definition) is 4. The highest BCUT2D eigenvalue weighted by molar-refractivity contribution is 5.85. The molecular weight excluding hydrogens is 198 g/mol. The molecule has 0 atom stereocenters. The Morgan fingerprint density at radius 3 is 1.67 bits per heavy atom. The van der Waals surface area contributed by atoms with E-state index in [4.69, 9.17) is 11.5 Å². The summed E-state index contributed by atoms with van der Waals surface area (Å²) in [5, 5.41) is 0. The molecule has 4 N–H and O–H groups in total. The van der Waals surface area contributed by atoms with E-state index in [0.717, 1.165) is 0 Å². The van der Waals surface area contributed by atoms with E-state index >= 15 is 0 Å². The zero-order chi connectivity index (χ0) is 12.0. The smallest absolute Gasteiger partial charge is 0.231 e. The number of amides is 2. The van der Waals surface area contributed by atoms with Crippen LogP contribution >= 0.6 is 0 Å². The zero-order valence-electron chi connectivity index (χ0n) is 9.03. The summed E-state index contributed by atoms with van der Waals surface area (Å²) in [5.41, 5.74) is 9.95. The summed E-state index contributed by atoms with van der Waals surface area (Å²) in [6.07, 6.45) is 0. The van der Waals surface area contributed by atoms with E-state index in [0.29, 0.717) is 0 Å². The van der Waals surface area contributed by atoms with Crippen molar-refractivity contribution in [3.8, 4) is 0 Å². The molecule has 0 aromatic carbocycles. The minimum absolute atomic E-state index is 0.0174. The van der Waals surface area contributed by atoms with Crippen LogP contribution in [-0.2, 0) is 14.4 Å². The van der Waals surface area contributed by atoms with Gasteiger partial charge in [0, 0.05) is 5.92 Å². The first kappa shape index (κ1) is 13.6. The number of Topliss-reactive ketones (excluding diaryl/α,β-unsaturated/α-hetero) is 1. The Kier molecular flexibility index (Phi) is 5.54. The Labute approximate surface area is 88.6 Å². The number of primary amides is 2. The van der Waals surface area contributed by atoms with Gasteiger partial charge in [0.2, 0.25) is 11.8 Å². The lowest BCUT2D eigenvalue weighted by molar-refractivity contribution is -0.126. The van der Waals surface area contributed by atoms with Crippen molar-refractivity contribution in [1.29, 1.82) is 0 Å². The van der Waals surface area contributed by atoms with Crippen molar-refractivity contribution in [1.82, 2.24) is 4.90 Å². The number of nitrogens with zero attached hydrogens (tertiary/aromatic N) is 1. The lowest BCUT2D eigenvalue weighted by Crippen LogP contribution is -2.43. The second kappa shape index (κ2) is 6.13. The van der Waals surface area contributed by atoms with Crippen LogP contribution in [0.4, 0.5) is 0 Å². The Hall–Kier alpha value is -1.43. The minimum atomic E-state index is -0.590. The van der Waals surface area contributed by atoms with Crippen molar-refractivity contribution >= 4 is 17.6 Å². The van der Waals surface area contributed by atoms with Crippen LogP contribution in [-0.4, -0.2) is 42.1 Å². The van der Waals surface area contributed by atoms with Gasteiger partial charge in [0.25, 0.3) is 0 Å². The molecule has 6 heteroatoms. The van der Waals surface area contributed by atoms with Crippen molar-refractivity contribution < 1.29 is 14.4 Å². The molecule has 0 saturated carbocycles. The summed E-state index contributed by atoms with van der Waals surface area (Å²) < 4.78 is 0. The standard InChI is InChI=1S/C9H17N3O3/c1-6(2)7(13)3-12(4-8(10)14)5-9(11)15/h6H,3-5H2,1-2H3,(H2,10,14)(H2,11,15). The zero-order valence-corrected chi connectivity index (χ0v) is 9.03. The topological polar surface area (TPSA) is 106 Å². The maximum atomic E-state index is 11.4. The van der Waals surface area contributed by atoms with Gasteiger partial charge in [-0.1, -0.05) is 13.8 Å². The molecule has 0 fully saturated rings. The molecule has 0 aliphatic rings. The molecule has 15 heavy (non-hydrogen) atoms. The summed E-state index contributed by atoms with van der Waals surface area (Å²) in [6.45, 7) is 3.23. The molecule has 0 aliphatic heterocycles. The Balaban J connectivity index is 4.29. The molecule has 6 nitrogen and oxygen atoms in total. The first-order valence-corrected chi connectivity index (χ1v) is 4.64. The lowest BCUT2D eigenvalue weighted by atomic mass is 10.1. The van der Waals surface area contributed by atoms with Crippen molar-refractivity contribution in [3.63, 3.8) is 0 Å². The average Bonchev–Trinajstić information content (AvgIpc) is 2.00. The third-order valence-corrected chi connectivity index (χ3v) is 1.78. The van der Waals surface area contributed by atoms with E-state index in [-0.39, 0.29) is 31.3 Å². The number of rotatable bonds is 7. The maximum Gasteiger partial charge on any atom is 0.231 e. The van der Waals surface area contributed by atoms with E-state index in [1.165, 1.54) is 4.90 Å². The van der Waals surface area contributed by atoms with Crippen LogP contribution in [0.3, 0.4) is 0 Å². The van der Waals surface area contributed by atoms with Gasteiger partial charge >= 0.3 is 0 Å². The highest BCUT2D eigenvalue weighted by Gasteiger charge is 2.16. The van der Waals surface area contributed by atoms with Crippen LogP contribution in [0.15, 0.2) is 0 Å². The largest absolute Gasteiger partial charge is 0.369 e. The van der Waals surface area contributed by atoms with Gasteiger partial charge in [0.1, 0.15) is 5.78 Å². The van der Waals surface area contributed by atoms with Gasteiger partial charge in [-0.25, -0.2) is 0 Å². The summed E-state index contributed by atoms with van der Waals surface area (Å²) in [5.74, 6) is -1.38. The first-order chi connectivity index (χ1) is 6.82. The SMILES string of the molecule is CC(C)C(=O)CN(CC(N)=O)CC(N)=O. The number of nitrogens with two attached hydrogens (primary N) is 2. The Morgan fingerprint density at radius 2 is 1.40 bits per heavy atom. The van der Waals surface area contributed by atoms with Crippen molar-refractivity contribution in [2.24, 2.45) is 17.4 Å². The molecule has 0 rings (SSSR count). The van der Waals surface area contributed by atoms with Crippen LogP contribution in [0, 0.1) is 5.92 Å². The fraction of sp³-hybridized carbons (Fsp3) is 0.667. The Bertz CT molecular complexity index is 247. The fourth-order valence-corrected chi connectivity index (χ4v) is 1.01. The molecule has 0 aromatic heterocycles. The van der Waals surface area contributed by atoms with Gasteiger partial charge in [-0.15, -0.1) is 0 Å². The highest BCUT2D eigenvalue weighted by Crippen LogP contribution is 1.97. The van der Waals surface area contributed by atoms with Crippen molar-refractivity contribution in [2.45, 2.75) is 13.8 Å². The van der Waals surface area contributed by atoms with Crippen LogP contribution in [0.1, 0.15) is 13.8 Å².